The van der Waals surface area contributed by atoms with E-state index < -0.39 is 0 Å². The number of rotatable bonds is 5. The first-order chi connectivity index (χ1) is 18.6. The van der Waals surface area contributed by atoms with Crippen molar-refractivity contribution in [3.63, 3.8) is 0 Å². The SMILES string of the molecule is COc1ccc(-c2cc(C(=O)N3CCN(Cc4ccccc4)CCCNc4ccccc4C3)nn2C)cc1. The van der Waals surface area contributed by atoms with E-state index in [-0.39, 0.29) is 5.91 Å². The topological polar surface area (TPSA) is 62.6 Å². The van der Waals surface area contributed by atoms with Gasteiger partial charge in [-0.05, 0) is 53.9 Å². The van der Waals surface area contributed by atoms with Crippen LogP contribution in [-0.2, 0) is 20.1 Å². The van der Waals surface area contributed by atoms with Crippen molar-refractivity contribution in [3.05, 3.63) is 102 Å². The molecule has 38 heavy (non-hydrogen) atoms. The number of methoxy groups -OCH3 is 1. The molecule has 0 fully saturated rings. The monoisotopic (exact) mass is 509 g/mol. The van der Waals surface area contributed by atoms with E-state index >= 15 is 0 Å². The molecule has 2 heterocycles. The lowest BCUT2D eigenvalue weighted by atomic mass is 10.1. The maximum atomic E-state index is 13.9. The third-order valence-electron chi connectivity index (χ3n) is 7.05. The highest BCUT2D eigenvalue weighted by molar-refractivity contribution is 5.93. The van der Waals surface area contributed by atoms with Crippen molar-refractivity contribution in [1.29, 1.82) is 0 Å². The van der Waals surface area contributed by atoms with Crippen LogP contribution in [0.5, 0.6) is 5.75 Å². The van der Waals surface area contributed by atoms with E-state index in [1.807, 2.05) is 60.5 Å². The van der Waals surface area contributed by atoms with Crippen LogP contribution in [0.1, 0.15) is 28.0 Å². The van der Waals surface area contributed by atoms with E-state index in [0.717, 1.165) is 60.9 Å². The van der Waals surface area contributed by atoms with Crippen molar-refractivity contribution in [2.24, 2.45) is 7.05 Å². The zero-order valence-electron chi connectivity index (χ0n) is 22.1. The molecule has 0 bridgehead atoms. The molecule has 0 atom stereocenters. The van der Waals surface area contributed by atoms with Gasteiger partial charge in [-0.25, -0.2) is 0 Å². The van der Waals surface area contributed by atoms with Crippen LogP contribution in [0.3, 0.4) is 0 Å². The molecule has 3 aromatic carbocycles. The Morgan fingerprint density at radius 2 is 1.71 bits per heavy atom. The molecule has 0 saturated heterocycles. The van der Waals surface area contributed by atoms with E-state index in [1.165, 1.54) is 5.56 Å². The Hall–Kier alpha value is -4.10. The third-order valence-corrected chi connectivity index (χ3v) is 7.05. The Labute approximate surface area is 224 Å². The highest BCUT2D eigenvalue weighted by Gasteiger charge is 2.23. The number of nitrogens with one attached hydrogen (secondary N) is 1. The van der Waals surface area contributed by atoms with Crippen LogP contribution in [0, 0.1) is 0 Å². The average Bonchev–Trinajstić information content (AvgIpc) is 3.33. The molecule has 1 aliphatic heterocycles. The molecule has 1 N–H and O–H groups in total. The van der Waals surface area contributed by atoms with Gasteiger partial charge in [0.1, 0.15) is 5.75 Å². The predicted octanol–water partition coefficient (Wildman–Crippen LogP) is 5.06. The summed E-state index contributed by atoms with van der Waals surface area (Å²) in [7, 11) is 3.53. The number of ether oxygens (including phenoxy) is 1. The Morgan fingerprint density at radius 3 is 2.50 bits per heavy atom. The molecule has 0 spiro atoms. The minimum absolute atomic E-state index is 0.0610. The molecule has 4 aromatic rings. The highest BCUT2D eigenvalue weighted by atomic mass is 16.5. The summed E-state index contributed by atoms with van der Waals surface area (Å²) in [5.74, 6) is 0.733. The number of fused-ring (bicyclic) bond motifs is 1. The van der Waals surface area contributed by atoms with Gasteiger partial charge in [0.05, 0.1) is 12.8 Å². The molecule has 7 heteroatoms. The van der Waals surface area contributed by atoms with E-state index in [4.69, 9.17) is 4.74 Å². The zero-order valence-corrected chi connectivity index (χ0v) is 22.1. The molecule has 7 nitrogen and oxygen atoms in total. The third kappa shape index (κ3) is 6.06. The number of carbonyl (C=O) groups excluding carboxylic acids is 1. The van der Waals surface area contributed by atoms with Gasteiger partial charge in [0, 0.05) is 57.6 Å². The summed E-state index contributed by atoms with van der Waals surface area (Å²) >= 11 is 0. The van der Waals surface area contributed by atoms with Gasteiger partial charge < -0.3 is 15.0 Å². The number of anilines is 1. The van der Waals surface area contributed by atoms with Gasteiger partial charge in [-0.15, -0.1) is 0 Å². The molecule has 1 amide bonds. The van der Waals surface area contributed by atoms with Crippen LogP contribution in [0.25, 0.3) is 11.3 Å². The fraction of sp³-hybridized carbons (Fsp3) is 0.290. The smallest absolute Gasteiger partial charge is 0.274 e. The normalized spacial score (nSPS) is 14.7. The van der Waals surface area contributed by atoms with Gasteiger partial charge in [-0.1, -0.05) is 48.5 Å². The van der Waals surface area contributed by atoms with E-state index in [1.54, 1.807) is 11.8 Å². The lowest BCUT2D eigenvalue weighted by Gasteiger charge is -2.27. The zero-order chi connectivity index (χ0) is 26.3. The summed E-state index contributed by atoms with van der Waals surface area (Å²) in [5.41, 5.74) is 5.81. The van der Waals surface area contributed by atoms with Crippen LogP contribution in [0.4, 0.5) is 5.69 Å². The van der Waals surface area contributed by atoms with E-state index in [0.29, 0.717) is 18.8 Å². The molecule has 0 aliphatic carbocycles. The molecule has 5 rings (SSSR count). The van der Waals surface area contributed by atoms with Crippen molar-refractivity contribution in [3.8, 4) is 17.0 Å². The summed E-state index contributed by atoms with van der Waals surface area (Å²) in [4.78, 5) is 18.3. The Balaban J connectivity index is 1.41. The second-order valence-electron chi connectivity index (χ2n) is 9.69. The number of aromatic nitrogens is 2. The predicted molar refractivity (Wildman–Crippen MR) is 151 cm³/mol. The van der Waals surface area contributed by atoms with Crippen LogP contribution < -0.4 is 10.1 Å². The number of amides is 1. The standard InChI is InChI=1S/C31H35N5O2/c1-34-30(25-13-15-27(38-2)16-14-25)21-29(33-34)31(37)36-20-19-35(22-24-9-4-3-5-10-24)18-8-17-32-28-12-7-6-11-26(28)23-36/h3-7,9-16,21,32H,8,17-20,22-23H2,1-2H3. The molecule has 0 saturated carbocycles. The Kier molecular flexibility index (Phi) is 8.04. The number of benzene rings is 3. The lowest BCUT2D eigenvalue weighted by molar-refractivity contribution is 0.0713. The number of para-hydroxylation sites is 1. The van der Waals surface area contributed by atoms with Crippen molar-refractivity contribution < 1.29 is 9.53 Å². The van der Waals surface area contributed by atoms with Gasteiger partial charge >= 0.3 is 0 Å². The number of nitrogens with zero attached hydrogens (tertiary/aromatic N) is 4. The molecular weight excluding hydrogens is 474 g/mol. The largest absolute Gasteiger partial charge is 0.497 e. The fourth-order valence-corrected chi connectivity index (χ4v) is 4.95. The first-order valence-corrected chi connectivity index (χ1v) is 13.2. The van der Waals surface area contributed by atoms with Crippen LogP contribution in [0.2, 0.25) is 0 Å². The molecule has 196 valence electrons. The lowest BCUT2D eigenvalue weighted by Crippen LogP contribution is -2.38. The van der Waals surface area contributed by atoms with Crippen molar-refractivity contribution in [2.75, 3.05) is 38.6 Å². The van der Waals surface area contributed by atoms with E-state index in [2.05, 4.69) is 51.7 Å². The summed E-state index contributed by atoms with van der Waals surface area (Å²) in [5, 5.41) is 8.22. The minimum atomic E-state index is -0.0610. The molecular formula is C31H35N5O2. The summed E-state index contributed by atoms with van der Waals surface area (Å²) in [6.45, 7) is 4.64. The Morgan fingerprint density at radius 1 is 0.947 bits per heavy atom. The summed E-state index contributed by atoms with van der Waals surface area (Å²) in [6.07, 6.45) is 1.03. The molecule has 0 radical (unpaired) electrons. The van der Waals surface area contributed by atoms with Crippen LogP contribution in [-0.4, -0.2) is 58.8 Å². The fourth-order valence-electron chi connectivity index (χ4n) is 4.95. The number of hydrogen-bond donors (Lipinski definition) is 1. The van der Waals surface area contributed by atoms with Crippen molar-refractivity contribution in [2.45, 2.75) is 19.5 Å². The maximum Gasteiger partial charge on any atom is 0.274 e. The number of hydrogen-bond acceptors (Lipinski definition) is 5. The number of carbonyl (C=O) groups is 1. The highest BCUT2D eigenvalue weighted by Crippen LogP contribution is 2.25. The quantitative estimate of drug-likeness (QED) is 0.408. The number of aryl methyl sites for hydroxylation is 1. The van der Waals surface area contributed by atoms with Gasteiger partial charge in [0.2, 0.25) is 0 Å². The molecule has 0 unspecified atom stereocenters. The van der Waals surface area contributed by atoms with Crippen LogP contribution >= 0.6 is 0 Å². The van der Waals surface area contributed by atoms with Gasteiger partial charge in [-0.3, -0.25) is 14.4 Å². The second-order valence-corrected chi connectivity index (χ2v) is 9.69. The molecule has 1 aromatic heterocycles. The van der Waals surface area contributed by atoms with Gasteiger partial charge in [0.15, 0.2) is 5.69 Å². The first-order valence-electron chi connectivity index (χ1n) is 13.2. The van der Waals surface area contributed by atoms with Gasteiger partial charge in [0.25, 0.3) is 5.91 Å². The first kappa shape index (κ1) is 25.5. The van der Waals surface area contributed by atoms with Crippen LogP contribution in [0.15, 0.2) is 84.9 Å². The van der Waals surface area contributed by atoms with E-state index in [9.17, 15) is 4.79 Å². The van der Waals surface area contributed by atoms with Crippen molar-refractivity contribution in [1.82, 2.24) is 19.6 Å². The maximum absolute atomic E-state index is 13.9. The van der Waals surface area contributed by atoms with Gasteiger partial charge in [-0.2, -0.15) is 5.10 Å². The second kappa shape index (κ2) is 12.0. The average molecular weight is 510 g/mol. The Bertz CT molecular complexity index is 1350. The summed E-state index contributed by atoms with van der Waals surface area (Å²) < 4.78 is 7.07. The van der Waals surface area contributed by atoms with Crippen molar-refractivity contribution >= 4 is 11.6 Å². The molecule has 1 aliphatic rings. The summed E-state index contributed by atoms with van der Waals surface area (Å²) in [6, 6.07) is 28.5. The minimum Gasteiger partial charge on any atom is -0.497 e.